The number of amides is 1. The summed E-state index contributed by atoms with van der Waals surface area (Å²) in [7, 11) is 2.00. The van der Waals surface area contributed by atoms with Gasteiger partial charge in [-0.15, -0.1) is 0 Å². The van der Waals surface area contributed by atoms with Crippen LogP contribution >= 0.6 is 15.9 Å². The Kier molecular flexibility index (Phi) is 3.49. The number of rotatable bonds is 3. The Morgan fingerprint density at radius 2 is 2.00 bits per heavy atom. The van der Waals surface area contributed by atoms with E-state index in [4.69, 9.17) is 0 Å². The molecule has 2 aromatic carbocycles. The van der Waals surface area contributed by atoms with Crippen LogP contribution in [0.1, 0.15) is 5.56 Å². The van der Waals surface area contributed by atoms with E-state index in [-0.39, 0.29) is 5.91 Å². The first-order valence-electron chi connectivity index (χ1n) is 6.50. The van der Waals surface area contributed by atoms with Crippen LogP contribution in [0.15, 0.2) is 53.0 Å². The quantitative estimate of drug-likeness (QED) is 0.860. The van der Waals surface area contributed by atoms with Gasteiger partial charge in [0.1, 0.15) is 0 Å². The summed E-state index contributed by atoms with van der Waals surface area (Å²) in [6, 6.07) is 16.1. The molecule has 102 valence electrons. The van der Waals surface area contributed by atoms with E-state index < -0.39 is 0 Å². The van der Waals surface area contributed by atoms with Gasteiger partial charge in [-0.25, -0.2) is 0 Å². The van der Waals surface area contributed by atoms with Crippen molar-refractivity contribution < 1.29 is 4.79 Å². The van der Waals surface area contributed by atoms with Crippen LogP contribution in [0.2, 0.25) is 0 Å². The molecule has 0 radical (unpaired) electrons. The van der Waals surface area contributed by atoms with Crippen molar-refractivity contribution in [1.29, 1.82) is 0 Å². The van der Waals surface area contributed by atoms with E-state index in [0.717, 1.165) is 21.4 Å². The zero-order valence-corrected chi connectivity index (χ0v) is 12.8. The molecular weight excluding hydrogens is 316 g/mol. The second kappa shape index (κ2) is 5.29. The van der Waals surface area contributed by atoms with Crippen molar-refractivity contribution in [2.24, 2.45) is 0 Å². The molecule has 0 N–H and O–H groups in total. The summed E-state index contributed by atoms with van der Waals surface area (Å²) in [5.74, 6) is 0.160. The summed E-state index contributed by atoms with van der Waals surface area (Å²) in [4.78, 5) is 16.1. The maximum Gasteiger partial charge on any atom is 0.232 e. The molecule has 0 bridgehead atoms. The molecule has 20 heavy (non-hydrogen) atoms. The Hall–Kier alpha value is -1.81. The number of hydrogen-bond acceptors (Lipinski definition) is 2. The van der Waals surface area contributed by atoms with E-state index in [1.54, 1.807) is 0 Å². The molecule has 0 spiro atoms. The van der Waals surface area contributed by atoms with Crippen molar-refractivity contribution in [3.05, 3.63) is 58.6 Å². The summed E-state index contributed by atoms with van der Waals surface area (Å²) in [5.41, 5.74) is 3.22. The summed E-state index contributed by atoms with van der Waals surface area (Å²) < 4.78 is 1.04. The molecule has 1 heterocycles. The van der Waals surface area contributed by atoms with Crippen LogP contribution in [-0.4, -0.2) is 19.6 Å². The average Bonchev–Trinajstić information content (AvgIpc) is 2.75. The third-order valence-corrected chi connectivity index (χ3v) is 4.02. The number of hydrogen-bond donors (Lipinski definition) is 0. The number of halogens is 1. The fourth-order valence-corrected chi connectivity index (χ4v) is 2.87. The van der Waals surface area contributed by atoms with E-state index in [1.807, 2.05) is 60.5 Å². The predicted octanol–water partition coefficient (Wildman–Crippen LogP) is 3.43. The number of fused-ring (bicyclic) bond motifs is 1. The number of nitrogens with zero attached hydrogens (tertiary/aromatic N) is 2. The molecule has 1 aliphatic rings. The Bertz CT molecular complexity index is 656. The van der Waals surface area contributed by atoms with Crippen molar-refractivity contribution in [3.63, 3.8) is 0 Å². The fraction of sp³-hybridized carbons (Fsp3) is 0.188. The van der Waals surface area contributed by atoms with Gasteiger partial charge in [-0.3, -0.25) is 9.69 Å². The molecule has 3 rings (SSSR count). The molecule has 3 nitrogen and oxygen atoms in total. The molecule has 4 heteroatoms. The second-order valence-corrected chi connectivity index (χ2v) is 5.86. The summed E-state index contributed by atoms with van der Waals surface area (Å²) in [5, 5.41) is 0. The Balaban J connectivity index is 1.83. The van der Waals surface area contributed by atoms with E-state index >= 15 is 0 Å². The molecule has 1 aliphatic heterocycles. The highest BCUT2D eigenvalue weighted by Crippen LogP contribution is 2.29. The van der Waals surface area contributed by atoms with Crippen LogP contribution in [0.5, 0.6) is 0 Å². The van der Waals surface area contributed by atoms with Crippen LogP contribution in [0, 0.1) is 0 Å². The molecule has 0 saturated carbocycles. The molecule has 1 amide bonds. The van der Waals surface area contributed by atoms with E-state index in [1.165, 1.54) is 0 Å². The van der Waals surface area contributed by atoms with Gasteiger partial charge in [0.15, 0.2) is 0 Å². The standard InChI is InChI=1S/C16H15BrN2O/c1-18(14-7-4-6-13(17)10-14)11-19-15-8-3-2-5-12(15)9-16(19)20/h2-8,10H,9,11H2,1H3. The zero-order valence-electron chi connectivity index (χ0n) is 11.2. The lowest BCUT2D eigenvalue weighted by Gasteiger charge is -2.26. The van der Waals surface area contributed by atoms with Crippen LogP contribution in [0.25, 0.3) is 0 Å². The average molecular weight is 331 g/mol. The highest BCUT2D eigenvalue weighted by molar-refractivity contribution is 9.10. The van der Waals surface area contributed by atoms with Gasteiger partial charge in [0.05, 0.1) is 13.1 Å². The minimum absolute atomic E-state index is 0.160. The van der Waals surface area contributed by atoms with Gasteiger partial charge in [0.25, 0.3) is 0 Å². The first-order valence-corrected chi connectivity index (χ1v) is 7.29. The Morgan fingerprint density at radius 1 is 1.20 bits per heavy atom. The lowest BCUT2D eigenvalue weighted by Crippen LogP contribution is -2.37. The van der Waals surface area contributed by atoms with Crippen molar-refractivity contribution in [3.8, 4) is 0 Å². The van der Waals surface area contributed by atoms with Gasteiger partial charge in [-0.05, 0) is 29.8 Å². The third-order valence-electron chi connectivity index (χ3n) is 3.53. The van der Waals surface area contributed by atoms with Gasteiger partial charge in [-0.1, -0.05) is 40.2 Å². The van der Waals surface area contributed by atoms with Gasteiger partial charge in [-0.2, -0.15) is 0 Å². The SMILES string of the molecule is CN(CN1C(=O)Cc2ccccc21)c1cccc(Br)c1. The van der Waals surface area contributed by atoms with Crippen LogP contribution in [0.4, 0.5) is 11.4 Å². The summed E-state index contributed by atoms with van der Waals surface area (Å²) >= 11 is 3.47. The zero-order chi connectivity index (χ0) is 14.1. The van der Waals surface area contributed by atoms with Crippen LogP contribution in [0.3, 0.4) is 0 Å². The molecule has 0 aromatic heterocycles. The monoisotopic (exact) mass is 330 g/mol. The fourth-order valence-electron chi connectivity index (χ4n) is 2.48. The van der Waals surface area contributed by atoms with Crippen LogP contribution < -0.4 is 9.80 Å². The van der Waals surface area contributed by atoms with Gasteiger partial charge < -0.3 is 4.90 Å². The molecule has 2 aromatic rings. The molecule has 0 saturated heterocycles. The van der Waals surface area contributed by atoms with E-state index in [2.05, 4.69) is 20.8 Å². The van der Waals surface area contributed by atoms with E-state index in [9.17, 15) is 4.79 Å². The summed E-state index contributed by atoms with van der Waals surface area (Å²) in [6.45, 7) is 0.562. The highest BCUT2D eigenvalue weighted by atomic mass is 79.9. The van der Waals surface area contributed by atoms with Crippen molar-refractivity contribution in [1.82, 2.24) is 0 Å². The summed E-state index contributed by atoms with van der Waals surface area (Å²) in [6.07, 6.45) is 0.502. The van der Waals surface area contributed by atoms with E-state index in [0.29, 0.717) is 13.1 Å². The van der Waals surface area contributed by atoms with Crippen LogP contribution in [-0.2, 0) is 11.2 Å². The largest absolute Gasteiger partial charge is 0.356 e. The molecule has 0 aliphatic carbocycles. The van der Waals surface area contributed by atoms with Gasteiger partial charge >= 0.3 is 0 Å². The number of para-hydroxylation sites is 1. The first-order chi connectivity index (χ1) is 9.65. The number of benzene rings is 2. The third kappa shape index (κ3) is 2.43. The Labute approximate surface area is 126 Å². The van der Waals surface area contributed by atoms with Crippen molar-refractivity contribution in [2.75, 3.05) is 23.5 Å². The minimum Gasteiger partial charge on any atom is -0.356 e. The lowest BCUT2D eigenvalue weighted by atomic mass is 10.2. The predicted molar refractivity (Wildman–Crippen MR) is 85.0 cm³/mol. The normalized spacial score (nSPS) is 13.5. The maximum atomic E-state index is 12.2. The van der Waals surface area contributed by atoms with Gasteiger partial charge in [0, 0.05) is 22.9 Å². The topological polar surface area (TPSA) is 23.6 Å². The highest BCUT2D eigenvalue weighted by Gasteiger charge is 2.27. The molecular formula is C16H15BrN2O. The van der Waals surface area contributed by atoms with Crippen molar-refractivity contribution >= 4 is 33.2 Å². The second-order valence-electron chi connectivity index (χ2n) is 4.95. The molecule has 0 fully saturated rings. The minimum atomic E-state index is 0.160. The smallest absolute Gasteiger partial charge is 0.232 e. The maximum absolute atomic E-state index is 12.2. The van der Waals surface area contributed by atoms with Gasteiger partial charge in [0.2, 0.25) is 5.91 Å². The first kappa shape index (κ1) is 13.2. The van der Waals surface area contributed by atoms with Crippen molar-refractivity contribution in [2.45, 2.75) is 6.42 Å². The Morgan fingerprint density at radius 3 is 2.80 bits per heavy atom. The number of anilines is 2. The lowest BCUT2D eigenvalue weighted by molar-refractivity contribution is -0.117. The molecule has 0 atom stereocenters. The number of carbonyl (C=O) groups excluding carboxylic acids is 1. The molecule has 0 unspecified atom stereocenters. The number of carbonyl (C=O) groups is 1.